The number of phenolic OH excluding ortho intramolecular Hbond substituents is 2. The number of allylic oxidation sites excluding steroid dienone is 5. The summed E-state index contributed by atoms with van der Waals surface area (Å²) in [6, 6.07) is 14.9. The molecule has 1 saturated heterocycles. The van der Waals surface area contributed by atoms with Gasteiger partial charge in [-0.05, 0) is 178 Å². The number of nitrogens with two attached hydrogens (primary N) is 1. The van der Waals surface area contributed by atoms with Crippen LogP contribution in [-0.4, -0.2) is 79.3 Å². The Bertz CT molecular complexity index is 3440. The van der Waals surface area contributed by atoms with Gasteiger partial charge in [0, 0.05) is 60.2 Å². The summed E-state index contributed by atoms with van der Waals surface area (Å²) in [4.78, 5) is 30.2. The molecule has 4 bridgehead atoms. The first-order chi connectivity index (χ1) is 38.5. The lowest BCUT2D eigenvalue weighted by molar-refractivity contribution is -0.171. The summed E-state index contributed by atoms with van der Waals surface area (Å²) in [6.07, 6.45) is 14.3. The van der Waals surface area contributed by atoms with E-state index in [0.29, 0.717) is 80.9 Å². The smallest absolute Gasteiger partial charge is 0.337 e. The number of aliphatic hydroxyl groups is 4. The van der Waals surface area contributed by atoms with Crippen molar-refractivity contribution < 1.29 is 49.3 Å². The van der Waals surface area contributed by atoms with Crippen molar-refractivity contribution in [1.82, 2.24) is 16.0 Å². The van der Waals surface area contributed by atoms with Crippen molar-refractivity contribution in [2.45, 2.75) is 177 Å². The summed E-state index contributed by atoms with van der Waals surface area (Å²) in [5, 5.41) is 82.0. The second-order valence-electron chi connectivity index (χ2n) is 25.0. The third-order valence-corrected chi connectivity index (χ3v) is 20.7. The van der Waals surface area contributed by atoms with Crippen molar-refractivity contribution in [3.63, 3.8) is 0 Å². The van der Waals surface area contributed by atoms with Crippen LogP contribution in [0.4, 0.5) is 0 Å². The highest BCUT2D eigenvalue weighted by Gasteiger charge is 2.59. The van der Waals surface area contributed by atoms with E-state index in [1.807, 2.05) is 31.2 Å². The molecule has 4 aromatic rings. The fraction of sp³-hybridized carbons (Fsp3) is 0.508. The van der Waals surface area contributed by atoms with E-state index in [1.54, 1.807) is 25.1 Å². The SMILES string of the molecule is C/C=C(\C(=O)O[C@@H]1Cc2c3c(c4oc(CO)cc(=O)c4c2O)[C@H]2C4=CCNC(N)=C4[C@@H](CCc4ccc(O)cc4[C@@H]2CO)[C@@H]2CCC4=C5CC[C@@H](C)NC5NC=C4C[C@@H]2[C@]1(C)O3)[C@]1(O)CC[C@H](c2cccc(C3(O)CCCC3)c2)C1. The van der Waals surface area contributed by atoms with E-state index in [9.17, 15) is 35.4 Å². The molecule has 11 N–H and O–H groups in total. The van der Waals surface area contributed by atoms with Gasteiger partial charge in [0.2, 0.25) is 0 Å². The van der Waals surface area contributed by atoms with Gasteiger partial charge < -0.3 is 60.9 Å². The average Bonchev–Trinajstić information content (AvgIpc) is 4.13. The molecule has 9 aliphatic rings. The zero-order valence-corrected chi connectivity index (χ0v) is 46.1. The van der Waals surface area contributed by atoms with Gasteiger partial charge in [-0.1, -0.05) is 55.3 Å². The number of ether oxygens (including phenoxy) is 2. The first kappa shape index (κ1) is 53.0. The van der Waals surface area contributed by atoms with Gasteiger partial charge in [-0.25, -0.2) is 4.79 Å². The summed E-state index contributed by atoms with van der Waals surface area (Å²) in [5.41, 5.74) is 12.7. The lowest BCUT2D eigenvalue weighted by Gasteiger charge is -2.52. The van der Waals surface area contributed by atoms with Crippen LogP contribution < -0.4 is 31.8 Å². The number of carbonyl (C=O) groups excluding carboxylic acids is 1. The number of rotatable bonds is 7. The number of hydrogen-bond acceptors (Lipinski definition) is 15. The van der Waals surface area contributed by atoms with Crippen LogP contribution in [0.5, 0.6) is 17.2 Å². The Labute approximate surface area is 466 Å². The predicted octanol–water partition coefficient (Wildman–Crippen LogP) is 8.14. The van der Waals surface area contributed by atoms with Crippen molar-refractivity contribution >= 4 is 16.9 Å². The molecule has 3 aromatic carbocycles. The lowest BCUT2D eigenvalue weighted by atomic mass is 9.61. The Morgan fingerprint density at radius 2 is 1.80 bits per heavy atom. The molecule has 15 nitrogen and oxygen atoms in total. The van der Waals surface area contributed by atoms with Crippen LogP contribution in [0, 0.1) is 17.8 Å². The molecule has 4 aliphatic carbocycles. The van der Waals surface area contributed by atoms with E-state index in [1.165, 1.54) is 11.1 Å². The molecule has 422 valence electrons. The third kappa shape index (κ3) is 8.45. The third-order valence-electron chi connectivity index (χ3n) is 20.7. The standard InChI is InChI=1S/C65H76N4O11/c1-4-49(65(77)22-18-36(29-65)35-8-7-9-38(24-35)64(76)20-5-6-21-64)62(75)79-52-28-47-57(74)55-51(73)27-40(31-70)78-59(55)56-53-45-19-23-67-60(66)54(45)43(15-12-34-11-13-39(72)26-46(34)48(53)32-71)42-17-16-41-37(25-50(42)63(52,3)80-58(47)56)30-68-61-44(41)14-10-33(2)69-61/h4,7-9,11,13,19,24,26-27,30,33,36,42-43,48,50,52-53,61,67-72,74,76-77H,5-6,10,12,14-18,20-23,25,28-29,31-32,66H2,1-3H3/b49-4+/t33-,36+,42+,43+,48+,50+,52-,53+,61?,63+,65+/m1/s1. The number of aromatic hydroxyl groups is 2. The zero-order chi connectivity index (χ0) is 55.6. The molecule has 4 fully saturated rings. The highest BCUT2D eigenvalue weighted by atomic mass is 16.6. The molecule has 80 heavy (non-hydrogen) atoms. The van der Waals surface area contributed by atoms with Crippen molar-refractivity contribution in [1.29, 1.82) is 0 Å². The van der Waals surface area contributed by atoms with Crippen LogP contribution >= 0.6 is 0 Å². The molecular formula is C65H76N4O11. The summed E-state index contributed by atoms with van der Waals surface area (Å²) in [6.45, 7) is 5.29. The van der Waals surface area contributed by atoms with Crippen LogP contribution in [-0.2, 0) is 34.6 Å². The number of esters is 1. The number of piperidine rings is 1. The fourth-order valence-corrected chi connectivity index (χ4v) is 16.7. The molecule has 11 atom stereocenters. The van der Waals surface area contributed by atoms with Gasteiger partial charge in [0.1, 0.15) is 58.1 Å². The molecular weight excluding hydrogens is 1010 g/mol. The number of nitrogens with one attached hydrogen (secondary N) is 3. The van der Waals surface area contributed by atoms with Gasteiger partial charge in [0.05, 0.1) is 29.5 Å². The van der Waals surface area contributed by atoms with Crippen molar-refractivity contribution in [2.75, 3.05) is 13.2 Å². The van der Waals surface area contributed by atoms with Gasteiger partial charge in [-0.2, -0.15) is 0 Å². The van der Waals surface area contributed by atoms with E-state index in [-0.39, 0.29) is 76.1 Å². The van der Waals surface area contributed by atoms with E-state index >= 15 is 4.79 Å². The largest absolute Gasteiger partial charge is 0.508 e. The molecule has 0 spiro atoms. The van der Waals surface area contributed by atoms with Gasteiger partial charge in [-0.3, -0.25) is 10.1 Å². The van der Waals surface area contributed by atoms with E-state index in [0.717, 1.165) is 71.6 Å². The predicted molar refractivity (Wildman–Crippen MR) is 301 cm³/mol. The number of dihydropyridines is 2. The van der Waals surface area contributed by atoms with Crippen molar-refractivity contribution in [2.24, 2.45) is 23.5 Å². The quantitative estimate of drug-likeness (QED) is 0.0620. The number of benzene rings is 3. The number of carbonyl (C=O) groups is 1. The van der Waals surface area contributed by atoms with E-state index < -0.39 is 71.0 Å². The maximum atomic E-state index is 15.5. The second kappa shape index (κ2) is 20.0. The summed E-state index contributed by atoms with van der Waals surface area (Å²) in [5.74, 6) is -3.03. The molecule has 3 saturated carbocycles. The molecule has 13 rings (SSSR count). The normalized spacial score (nSPS) is 32.4. The van der Waals surface area contributed by atoms with E-state index in [2.05, 4.69) is 41.2 Å². The Morgan fingerprint density at radius 1 is 0.975 bits per heavy atom. The first-order valence-corrected chi connectivity index (χ1v) is 29.4. The molecule has 0 radical (unpaired) electrons. The highest BCUT2D eigenvalue weighted by Crippen LogP contribution is 2.62. The van der Waals surface area contributed by atoms with Gasteiger partial charge in [0.25, 0.3) is 0 Å². The Balaban J connectivity index is 1.01. The highest BCUT2D eigenvalue weighted by molar-refractivity contribution is 5.93. The van der Waals surface area contributed by atoms with Gasteiger partial charge in [0.15, 0.2) is 5.43 Å². The molecule has 1 unspecified atom stereocenters. The monoisotopic (exact) mass is 1090 g/mol. The van der Waals surface area contributed by atoms with Gasteiger partial charge >= 0.3 is 5.97 Å². The molecule has 1 aromatic heterocycles. The Hall–Kier alpha value is -6.36. The number of phenols is 2. The number of fused-ring (bicyclic) bond motifs is 10. The average molecular weight is 1090 g/mol. The van der Waals surface area contributed by atoms with Crippen LogP contribution in [0.25, 0.3) is 11.0 Å². The molecule has 0 amide bonds. The topological polar surface area (TPSA) is 249 Å². The number of aryl methyl sites for hydroxylation is 1. The van der Waals surface area contributed by atoms with Crippen LogP contribution in [0.1, 0.15) is 161 Å². The molecule has 5 aliphatic heterocycles. The summed E-state index contributed by atoms with van der Waals surface area (Å²) in [7, 11) is 0. The number of hydrogen-bond donors (Lipinski definition) is 10. The molecule has 6 heterocycles. The minimum atomic E-state index is -1.56. The fourth-order valence-electron chi connectivity index (χ4n) is 16.7. The summed E-state index contributed by atoms with van der Waals surface area (Å²) < 4.78 is 21.5. The van der Waals surface area contributed by atoms with Crippen LogP contribution in [0.15, 0.2) is 115 Å². The minimum absolute atomic E-state index is 0.0128. The van der Waals surface area contributed by atoms with Crippen molar-refractivity contribution in [3.8, 4) is 17.2 Å². The molecule has 15 heteroatoms. The van der Waals surface area contributed by atoms with Crippen molar-refractivity contribution in [3.05, 3.63) is 156 Å². The van der Waals surface area contributed by atoms with Gasteiger partial charge in [-0.15, -0.1) is 0 Å². The van der Waals surface area contributed by atoms with Crippen LogP contribution in [0.2, 0.25) is 0 Å². The number of aliphatic hydroxyl groups excluding tert-OH is 2. The second-order valence-corrected chi connectivity index (χ2v) is 25.0. The Morgan fingerprint density at radius 3 is 2.59 bits per heavy atom. The van der Waals surface area contributed by atoms with Crippen LogP contribution in [0.3, 0.4) is 0 Å². The summed E-state index contributed by atoms with van der Waals surface area (Å²) >= 11 is 0. The first-order valence-electron chi connectivity index (χ1n) is 29.4. The minimum Gasteiger partial charge on any atom is -0.508 e. The Kier molecular flexibility index (Phi) is 13.2. The van der Waals surface area contributed by atoms with E-state index in [4.69, 9.17) is 19.6 Å². The maximum Gasteiger partial charge on any atom is 0.337 e. The lowest BCUT2D eigenvalue weighted by Crippen LogP contribution is -2.59. The maximum absolute atomic E-state index is 15.5. The zero-order valence-electron chi connectivity index (χ0n) is 46.1.